The molecule has 1 amide bonds. The fourth-order valence-corrected chi connectivity index (χ4v) is 5.71. The van der Waals surface area contributed by atoms with E-state index in [0.29, 0.717) is 6.54 Å². The molecule has 1 aromatic rings. The molecular formula is C22H29N3O3. The van der Waals surface area contributed by atoms with Crippen molar-refractivity contribution in [3.8, 4) is 0 Å². The van der Waals surface area contributed by atoms with Crippen molar-refractivity contribution in [2.45, 2.75) is 57.2 Å². The number of rotatable bonds is 3. The summed E-state index contributed by atoms with van der Waals surface area (Å²) in [5, 5.41) is 13.7. The van der Waals surface area contributed by atoms with Crippen LogP contribution in [0.2, 0.25) is 0 Å². The number of fused-ring (bicyclic) bond motifs is 4. The van der Waals surface area contributed by atoms with E-state index in [1.165, 1.54) is 6.42 Å². The number of nitrogens with zero attached hydrogens (tertiary/aromatic N) is 2. The van der Waals surface area contributed by atoms with Gasteiger partial charge in [-0.25, -0.2) is 0 Å². The molecule has 1 aromatic heterocycles. The van der Waals surface area contributed by atoms with E-state index in [1.807, 2.05) is 21.6 Å². The van der Waals surface area contributed by atoms with Gasteiger partial charge in [-0.3, -0.25) is 9.59 Å². The number of amides is 1. The lowest BCUT2D eigenvalue weighted by molar-refractivity contribution is -0.138. The number of likely N-dealkylation sites (tertiary alicyclic amines) is 1. The number of aliphatic hydroxyl groups excluding tert-OH is 1. The highest BCUT2D eigenvalue weighted by atomic mass is 16.3. The number of carbonyl (C=O) groups excluding carboxylic acids is 1. The zero-order valence-corrected chi connectivity index (χ0v) is 16.3. The molecule has 150 valence electrons. The topological polar surface area (TPSA) is 74.6 Å². The average molecular weight is 383 g/mol. The second-order valence-electron chi connectivity index (χ2n) is 8.72. The van der Waals surface area contributed by atoms with Crippen LogP contribution < -0.4 is 10.9 Å². The maximum Gasteiger partial charge on any atom is 0.258 e. The van der Waals surface area contributed by atoms with E-state index < -0.39 is 0 Å². The molecule has 6 nitrogen and oxygen atoms in total. The summed E-state index contributed by atoms with van der Waals surface area (Å²) >= 11 is 0. The van der Waals surface area contributed by atoms with Crippen molar-refractivity contribution in [2.75, 3.05) is 19.7 Å². The highest BCUT2D eigenvalue weighted by Crippen LogP contribution is 2.42. The summed E-state index contributed by atoms with van der Waals surface area (Å²) < 4.78 is 1.87. The molecule has 1 aliphatic carbocycles. The van der Waals surface area contributed by atoms with Gasteiger partial charge in [0.15, 0.2) is 0 Å². The minimum absolute atomic E-state index is 0.0286. The predicted octanol–water partition coefficient (Wildman–Crippen LogP) is 1.68. The van der Waals surface area contributed by atoms with Gasteiger partial charge in [0.25, 0.3) is 5.56 Å². The van der Waals surface area contributed by atoms with Gasteiger partial charge in [-0.2, -0.15) is 0 Å². The molecule has 2 N–H and O–H groups in total. The lowest BCUT2D eigenvalue weighted by Gasteiger charge is -2.33. The second-order valence-corrected chi connectivity index (χ2v) is 8.72. The molecule has 4 atom stereocenters. The summed E-state index contributed by atoms with van der Waals surface area (Å²) in [5.41, 5.74) is 2.92. The smallest absolute Gasteiger partial charge is 0.258 e. The molecule has 0 radical (unpaired) electrons. The lowest BCUT2D eigenvalue weighted by Crippen LogP contribution is -2.44. The fourth-order valence-electron chi connectivity index (χ4n) is 5.71. The Morgan fingerprint density at radius 2 is 2.00 bits per heavy atom. The van der Waals surface area contributed by atoms with Crippen molar-refractivity contribution < 1.29 is 9.90 Å². The van der Waals surface area contributed by atoms with Crippen molar-refractivity contribution in [1.82, 2.24) is 14.8 Å². The monoisotopic (exact) mass is 383 g/mol. The van der Waals surface area contributed by atoms with Crippen LogP contribution >= 0.6 is 0 Å². The summed E-state index contributed by atoms with van der Waals surface area (Å²) in [6, 6.07) is 3.75. The highest BCUT2D eigenvalue weighted by Gasteiger charge is 2.51. The molecular weight excluding hydrogens is 354 g/mol. The SMILES string of the molecule is O=C([C@H]1[C@H](CO)[C@H]2Cn3c(ccc(C4=CCCC4)c3=O)[C@@H]1N2)N1CCCCC1. The van der Waals surface area contributed by atoms with Crippen LogP contribution in [0.25, 0.3) is 5.57 Å². The van der Waals surface area contributed by atoms with Gasteiger partial charge in [-0.15, -0.1) is 0 Å². The number of aromatic nitrogens is 1. The van der Waals surface area contributed by atoms with Crippen LogP contribution in [-0.2, 0) is 11.3 Å². The number of piperidine rings is 1. The van der Waals surface area contributed by atoms with E-state index >= 15 is 0 Å². The second kappa shape index (κ2) is 7.16. The van der Waals surface area contributed by atoms with Crippen molar-refractivity contribution in [2.24, 2.45) is 11.8 Å². The first-order chi connectivity index (χ1) is 13.7. The molecule has 5 rings (SSSR count). The number of aliphatic hydroxyl groups is 1. The Morgan fingerprint density at radius 1 is 1.18 bits per heavy atom. The van der Waals surface area contributed by atoms with E-state index in [1.54, 1.807) is 0 Å². The molecule has 0 spiro atoms. The van der Waals surface area contributed by atoms with Gasteiger partial charge in [0.1, 0.15) is 0 Å². The van der Waals surface area contributed by atoms with E-state index in [2.05, 4.69) is 11.4 Å². The van der Waals surface area contributed by atoms with Crippen molar-refractivity contribution in [3.05, 3.63) is 39.8 Å². The molecule has 2 saturated heterocycles. The maximum absolute atomic E-state index is 13.4. The third-order valence-electron chi connectivity index (χ3n) is 7.19. The highest BCUT2D eigenvalue weighted by molar-refractivity contribution is 5.81. The molecule has 4 heterocycles. The number of carbonyl (C=O) groups is 1. The summed E-state index contributed by atoms with van der Waals surface area (Å²) in [4.78, 5) is 28.6. The van der Waals surface area contributed by atoms with Gasteiger partial charge in [-0.05, 0) is 56.2 Å². The Labute approximate surface area is 165 Å². The van der Waals surface area contributed by atoms with Crippen molar-refractivity contribution >= 4 is 11.5 Å². The Bertz CT molecular complexity index is 868. The molecule has 2 fully saturated rings. The number of nitrogens with one attached hydrogen (secondary N) is 1. The number of hydrogen-bond acceptors (Lipinski definition) is 4. The third kappa shape index (κ3) is 2.77. The predicted molar refractivity (Wildman–Crippen MR) is 107 cm³/mol. The van der Waals surface area contributed by atoms with E-state index in [-0.39, 0.29) is 42.0 Å². The Balaban J connectivity index is 1.52. The van der Waals surface area contributed by atoms with Crippen LogP contribution in [0, 0.1) is 11.8 Å². The molecule has 6 heteroatoms. The number of allylic oxidation sites excluding steroid dienone is 2. The average Bonchev–Trinajstić information content (AvgIpc) is 3.35. The van der Waals surface area contributed by atoms with E-state index in [4.69, 9.17) is 0 Å². The van der Waals surface area contributed by atoms with Crippen LogP contribution in [0.3, 0.4) is 0 Å². The summed E-state index contributed by atoms with van der Waals surface area (Å²) in [6.07, 6.45) is 8.59. The van der Waals surface area contributed by atoms with E-state index in [0.717, 1.165) is 62.0 Å². The molecule has 0 aromatic carbocycles. The fraction of sp³-hybridized carbons (Fsp3) is 0.636. The van der Waals surface area contributed by atoms with Gasteiger partial charge in [0.05, 0.1) is 12.0 Å². The first-order valence-electron chi connectivity index (χ1n) is 10.8. The Kier molecular flexibility index (Phi) is 4.63. The standard InChI is InChI=1S/C22H29N3O3/c26-13-16-17-12-25-18(9-8-15(21(25)27)14-6-2-3-7-14)20(23-17)19(16)22(28)24-10-4-1-5-11-24/h6,8-9,16-17,19-20,23,26H,1-5,7,10-13H2/t16-,17-,19+,20+/m1/s1. The minimum Gasteiger partial charge on any atom is -0.396 e. The molecule has 0 saturated carbocycles. The minimum atomic E-state index is -0.294. The van der Waals surface area contributed by atoms with Crippen LogP contribution in [0.1, 0.15) is 55.8 Å². The Hall–Kier alpha value is -1.92. The summed E-state index contributed by atoms with van der Waals surface area (Å²) in [5.74, 6) is -0.298. The van der Waals surface area contributed by atoms with Crippen LogP contribution in [0.4, 0.5) is 0 Å². The Morgan fingerprint density at radius 3 is 2.71 bits per heavy atom. The van der Waals surface area contributed by atoms with Gasteiger partial charge in [0.2, 0.25) is 5.91 Å². The van der Waals surface area contributed by atoms with Gasteiger partial charge in [-0.1, -0.05) is 6.08 Å². The first kappa shape index (κ1) is 18.1. The molecule has 28 heavy (non-hydrogen) atoms. The zero-order chi connectivity index (χ0) is 19.3. The summed E-state index contributed by atoms with van der Waals surface area (Å²) in [7, 11) is 0. The molecule has 4 aliphatic rings. The first-order valence-corrected chi connectivity index (χ1v) is 10.8. The number of hydrogen-bond donors (Lipinski definition) is 2. The van der Waals surface area contributed by atoms with Crippen LogP contribution in [0.15, 0.2) is 23.0 Å². The molecule has 3 aliphatic heterocycles. The van der Waals surface area contributed by atoms with Gasteiger partial charge < -0.3 is 19.9 Å². The van der Waals surface area contributed by atoms with E-state index in [9.17, 15) is 14.7 Å². The van der Waals surface area contributed by atoms with Crippen molar-refractivity contribution in [1.29, 1.82) is 0 Å². The molecule has 2 bridgehead atoms. The van der Waals surface area contributed by atoms with Gasteiger partial charge >= 0.3 is 0 Å². The zero-order valence-electron chi connectivity index (χ0n) is 16.3. The van der Waals surface area contributed by atoms with Crippen LogP contribution in [-0.4, -0.2) is 46.2 Å². The summed E-state index contributed by atoms with van der Waals surface area (Å²) in [6.45, 7) is 2.12. The lowest BCUT2D eigenvalue weighted by atomic mass is 9.85. The molecule has 0 unspecified atom stereocenters. The van der Waals surface area contributed by atoms with Crippen LogP contribution in [0.5, 0.6) is 0 Å². The quantitative estimate of drug-likeness (QED) is 0.833. The maximum atomic E-state index is 13.4. The largest absolute Gasteiger partial charge is 0.396 e. The normalized spacial score (nSPS) is 31.6. The third-order valence-corrected chi connectivity index (χ3v) is 7.19. The van der Waals surface area contributed by atoms with Gasteiger partial charge in [0, 0.05) is 49.5 Å². The van der Waals surface area contributed by atoms with Crippen molar-refractivity contribution in [3.63, 3.8) is 0 Å². The number of pyridine rings is 1.